The first kappa shape index (κ1) is 11.6. The maximum atomic E-state index is 13.3. The minimum Gasteiger partial charge on any atom is -0.495 e. The Balaban J connectivity index is 2.34. The van der Waals surface area contributed by atoms with Crippen LogP contribution in [0.5, 0.6) is 5.75 Å². The number of halogens is 2. The van der Waals surface area contributed by atoms with Crippen molar-refractivity contribution in [2.24, 2.45) is 0 Å². The van der Waals surface area contributed by atoms with Crippen molar-refractivity contribution >= 4 is 11.6 Å². The number of rotatable bonds is 2. The number of morpholine rings is 1. The van der Waals surface area contributed by atoms with Crippen LogP contribution in [0.25, 0.3) is 0 Å². The van der Waals surface area contributed by atoms with Gasteiger partial charge in [-0.2, -0.15) is 0 Å². The van der Waals surface area contributed by atoms with Crippen LogP contribution in [-0.2, 0) is 4.74 Å². The van der Waals surface area contributed by atoms with Crippen molar-refractivity contribution in [3.8, 4) is 5.75 Å². The maximum Gasteiger partial charge on any atom is 0.140 e. The molecule has 1 aliphatic rings. The molecular formula is C11H13ClFNO2. The summed E-state index contributed by atoms with van der Waals surface area (Å²) in [6.07, 6.45) is -0.217. The molecule has 1 aromatic carbocycles. The number of hydrogen-bond donors (Lipinski definition) is 1. The normalized spacial score (nSPS) is 20.8. The van der Waals surface area contributed by atoms with Crippen LogP contribution in [-0.4, -0.2) is 26.8 Å². The van der Waals surface area contributed by atoms with E-state index in [1.54, 1.807) is 0 Å². The van der Waals surface area contributed by atoms with Crippen LogP contribution in [0.15, 0.2) is 12.1 Å². The predicted molar refractivity (Wildman–Crippen MR) is 59.5 cm³/mol. The molecule has 5 heteroatoms. The van der Waals surface area contributed by atoms with Gasteiger partial charge in [0.05, 0.1) is 24.8 Å². The van der Waals surface area contributed by atoms with Gasteiger partial charge in [-0.25, -0.2) is 4.39 Å². The molecule has 16 heavy (non-hydrogen) atoms. The molecule has 1 aromatic rings. The van der Waals surface area contributed by atoms with E-state index in [1.807, 2.05) is 0 Å². The largest absolute Gasteiger partial charge is 0.495 e. The van der Waals surface area contributed by atoms with Gasteiger partial charge in [-0.3, -0.25) is 0 Å². The van der Waals surface area contributed by atoms with Crippen LogP contribution in [0.1, 0.15) is 11.7 Å². The van der Waals surface area contributed by atoms with E-state index in [4.69, 9.17) is 21.1 Å². The zero-order chi connectivity index (χ0) is 11.5. The topological polar surface area (TPSA) is 30.5 Å². The number of methoxy groups -OCH3 is 1. The lowest BCUT2D eigenvalue weighted by Crippen LogP contribution is -2.33. The minimum atomic E-state index is -0.370. The van der Waals surface area contributed by atoms with Gasteiger partial charge in [0.1, 0.15) is 11.6 Å². The number of ether oxygens (including phenoxy) is 2. The molecule has 0 bridgehead atoms. The highest BCUT2D eigenvalue weighted by molar-refractivity contribution is 6.32. The fourth-order valence-electron chi connectivity index (χ4n) is 1.73. The van der Waals surface area contributed by atoms with E-state index in [1.165, 1.54) is 19.2 Å². The molecular weight excluding hydrogens is 233 g/mol. The standard InChI is InChI=1S/C11H13ClFNO2/c1-15-9-5-7(13)4-8(11(9)12)10-6-14-2-3-16-10/h4-5,10,14H,2-3,6H2,1H3. The summed E-state index contributed by atoms with van der Waals surface area (Å²) in [4.78, 5) is 0. The minimum absolute atomic E-state index is 0.217. The van der Waals surface area contributed by atoms with Crippen LogP contribution in [0.2, 0.25) is 5.02 Å². The third kappa shape index (κ3) is 2.29. The average molecular weight is 246 g/mol. The van der Waals surface area contributed by atoms with Gasteiger partial charge in [0, 0.05) is 24.7 Å². The summed E-state index contributed by atoms with van der Waals surface area (Å²) in [6.45, 7) is 2.03. The first-order valence-electron chi connectivity index (χ1n) is 5.07. The van der Waals surface area contributed by atoms with Crippen LogP contribution in [0, 0.1) is 5.82 Å². The average Bonchev–Trinajstić information content (AvgIpc) is 2.33. The molecule has 1 fully saturated rings. The molecule has 1 unspecified atom stereocenters. The van der Waals surface area contributed by atoms with Crippen molar-refractivity contribution in [2.75, 3.05) is 26.8 Å². The third-order valence-corrected chi connectivity index (χ3v) is 2.93. The number of nitrogens with one attached hydrogen (secondary N) is 1. The highest BCUT2D eigenvalue weighted by Crippen LogP contribution is 2.34. The second-order valence-corrected chi connectivity index (χ2v) is 3.95. The van der Waals surface area contributed by atoms with E-state index in [0.29, 0.717) is 29.5 Å². The van der Waals surface area contributed by atoms with E-state index in [2.05, 4.69) is 5.32 Å². The van der Waals surface area contributed by atoms with Gasteiger partial charge >= 0.3 is 0 Å². The highest BCUT2D eigenvalue weighted by Gasteiger charge is 2.21. The highest BCUT2D eigenvalue weighted by atomic mass is 35.5. The molecule has 0 saturated carbocycles. The lowest BCUT2D eigenvalue weighted by molar-refractivity contribution is 0.0274. The van der Waals surface area contributed by atoms with Crippen molar-refractivity contribution in [3.63, 3.8) is 0 Å². The quantitative estimate of drug-likeness (QED) is 0.866. The fourth-order valence-corrected chi connectivity index (χ4v) is 2.04. The van der Waals surface area contributed by atoms with E-state index in [-0.39, 0.29) is 11.9 Å². The van der Waals surface area contributed by atoms with E-state index in [9.17, 15) is 4.39 Å². The van der Waals surface area contributed by atoms with Crippen molar-refractivity contribution in [2.45, 2.75) is 6.10 Å². The molecule has 2 rings (SSSR count). The summed E-state index contributed by atoms with van der Waals surface area (Å²) in [5, 5.41) is 3.59. The summed E-state index contributed by atoms with van der Waals surface area (Å²) in [6, 6.07) is 2.66. The third-order valence-electron chi connectivity index (χ3n) is 2.53. The molecule has 88 valence electrons. The Morgan fingerprint density at radius 3 is 3.00 bits per heavy atom. The number of benzene rings is 1. The molecule has 0 radical (unpaired) electrons. The molecule has 0 aromatic heterocycles. The van der Waals surface area contributed by atoms with Gasteiger partial charge in [0.2, 0.25) is 0 Å². The molecule has 0 aliphatic carbocycles. The fraction of sp³-hybridized carbons (Fsp3) is 0.455. The lowest BCUT2D eigenvalue weighted by Gasteiger charge is -2.25. The summed E-state index contributed by atoms with van der Waals surface area (Å²) in [7, 11) is 1.46. The van der Waals surface area contributed by atoms with Gasteiger partial charge in [0.25, 0.3) is 0 Å². The zero-order valence-electron chi connectivity index (χ0n) is 8.93. The van der Waals surface area contributed by atoms with Crippen molar-refractivity contribution in [3.05, 3.63) is 28.5 Å². The van der Waals surface area contributed by atoms with Crippen LogP contribution >= 0.6 is 11.6 Å². The number of hydrogen-bond acceptors (Lipinski definition) is 3. The van der Waals surface area contributed by atoms with Gasteiger partial charge in [-0.05, 0) is 6.07 Å². The second kappa shape index (κ2) is 4.99. The maximum absolute atomic E-state index is 13.3. The summed E-state index contributed by atoms with van der Waals surface area (Å²) in [5.74, 6) is -0.0312. The van der Waals surface area contributed by atoms with E-state index in [0.717, 1.165) is 6.54 Å². The predicted octanol–water partition coefficient (Wildman–Crippen LogP) is 2.15. The Bertz CT molecular complexity index is 380. The Morgan fingerprint density at radius 2 is 2.38 bits per heavy atom. The lowest BCUT2D eigenvalue weighted by atomic mass is 10.1. The molecule has 0 amide bonds. The van der Waals surface area contributed by atoms with Crippen molar-refractivity contribution in [1.82, 2.24) is 5.32 Å². The van der Waals surface area contributed by atoms with Gasteiger partial charge < -0.3 is 14.8 Å². The van der Waals surface area contributed by atoms with Crippen LogP contribution < -0.4 is 10.1 Å². The SMILES string of the molecule is COc1cc(F)cc(C2CNCCO2)c1Cl. The van der Waals surface area contributed by atoms with Gasteiger partial charge in [0.15, 0.2) is 0 Å². The Hall–Kier alpha value is -0.840. The monoisotopic (exact) mass is 245 g/mol. The molecule has 1 atom stereocenters. The first-order valence-corrected chi connectivity index (χ1v) is 5.45. The van der Waals surface area contributed by atoms with Gasteiger partial charge in [-0.1, -0.05) is 11.6 Å². The smallest absolute Gasteiger partial charge is 0.140 e. The Labute approximate surface area is 98.5 Å². The Morgan fingerprint density at radius 1 is 1.56 bits per heavy atom. The van der Waals surface area contributed by atoms with Crippen LogP contribution in [0.4, 0.5) is 4.39 Å². The molecule has 3 nitrogen and oxygen atoms in total. The zero-order valence-corrected chi connectivity index (χ0v) is 9.68. The van der Waals surface area contributed by atoms with Gasteiger partial charge in [-0.15, -0.1) is 0 Å². The van der Waals surface area contributed by atoms with E-state index >= 15 is 0 Å². The summed E-state index contributed by atoms with van der Waals surface area (Å²) in [5.41, 5.74) is 0.630. The Kier molecular flexibility index (Phi) is 3.63. The van der Waals surface area contributed by atoms with Crippen molar-refractivity contribution in [1.29, 1.82) is 0 Å². The van der Waals surface area contributed by atoms with Crippen molar-refractivity contribution < 1.29 is 13.9 Å². The first-order chi connectivity index (χ1) is 7.72. The summed E-state index contributed by atoms with van der Waals surface area (Å²) < 4.78 is 23.9. The molecule has 0 spiro atoms. The molecule has 1 saturated heterocycles. The molecule has 1 heterocycles. The summed E-state index contributed by atoms with van der Waals surface area (Å²) >= 11 is 6.11. The van der Waals surface area contributed by atoms with E-state index < -0.39 is 0 Å². The van der Waals surface area contributed by atoms with Crippen LogP contribution in [0.3, 0.4) is 0 Å². The molecule has 1 N–H and O–H groups in total. The molecule has 1 aliphatic heterocycles. The second-order valence-electron chi connectivity index (χ2n) is 3.57.